The molecular weight excluding hydrogens is 308 g/mol. The lowest BCUT2D eigenvalue weighted by Gasteiger charge is -2.41. The van der Waals surface area contributed by atoms with Crippen molar-refractivity contribution in [3.05, 3.63) is 60.2 Å². The summed E-state index contributed by atoms with van der Waals surface area (Å²) in [5.74, 6) is 0.372. The predicted molar refractivity (Wildman–Crippen MR) is 105 cm³/mol. The van der Waals surface area contributed by atoms with Crippen LogP contribution in [0.25, 0.3) is 0 Å². The van der Waals surface area contributed by atoms with Gasteiger partial charge in [0.25, 0.3) is 0 Å². The molecule has 2 aromatic carbocycles. The Hall–Kier alpha value is -2.29. The number of hydrogen-bond donors (Lipinski definition) is 1. The lowest BCUT2D eigenvalue weighted by molar-refractivity contribution is -0.123. The minimum absolute atomic E-state index is 0.106. The van der Waals surface area contributed by atoms with E-state index in [0.717, 1.165) is 30.6 Å². The number of nitrogens with zero attached hydrogens (tertiary/aromatic N) is 1. The Labute approximate surface area is 151 Å². The molecule has 3 heteroatoms. The number of rotatable bonds is 5. The molecule has 0 spiro atoms. The van der Waals surface area contributed by atoms with Crippen LogP contribution in [0.5, 0.6) is 0 Å². The Morgan fingerprint density at radius 3 is 2.40 bits per heavy atom. The number of hydrogen-bond acceptors (Lipinski definition) is 2. The van der Waals surface area contributed by atoms with E-state index in [1.54, 1.807) is 0 Å². The number of fused-ring (bicyclic) bond motifs is 1. The van der Waals surface area contributed by atoms with Gasteiger partial charge in [0.1, 0.15) is 0 Å². The summed E-state index contributed by atoms with van der Waals surface area (Å²) in [7, 11) is 0. The minimum atomic E-state index is 0.106. The third kappa shape index (κ3) is 3.55. The predicted octanol–water partition coefficient (Wildman–Crippen LogP) is 5.40. The van der Waals surface area contributed by atoms with Crippen LogP contribution in [0, 0.1) is 5.92 Å². The zero-order valence-corrected chi connectivity index (χ0v) is 15.4. The van der Waals surface area contributed by atoms with Crippen LogP contribution >= 0.6 is 0 Å². The third-order valence-electron chi connectivity index (χ3n) is 5.28. The van der Waals surface area contributed by atoms with Gasteiger partial charge in [-0.2, -0.15) is 0 Å². The van der Waals surface area contributed by atoms with Gasteiger partial charge in [-0.3, -0.25) is 4.79 Å². The standard InChI is InChI=1S/C22H28N2O/c1-4-17(5-2)22(25)24-16(3)15-20(19-13-9-10-14-21(19)24)23-18-11-7-6-8-12-18/h6-14,16-17,20,23H,4-5,15H2,1-3H3/t16-,20-/m1/s1. The maximum atomic E-state index is 13.1. The summed E-state index contributed by atoms with van der Waals surface area (Å²) >= 11 is 0. The Balaban J connectivity index is 1.93. The first-order valence-corrected chi connectivity index (χ1v) is 9.39. The van der Waals surface area contributed by atoms with Gasteiger partial charge >= 0.3 is 0 Å². The summed E-state index contributed by atoms with van der Waals surface area (Å²) in [5.41, 5.74) is 3.39. The van der Waals surface area contributed by atoms with Gasteiger partial charge in [0.15, 0.2) is 0 Å². The summed E-state index contributed by atoms with van der Waals surface area (Å²) in [6.07, 6.45) is 2.70. The maximum absolute atomic E-state index is 13.1. The third-order valence-corrected chi connectivity index (χ3v) is 5.28. The molecule has 0 unspecified atom stereocenters. The van der Waals surface area contributed by atoms with Crippen LogP contribution in [-0.4, -0.2) is 11.9 Å². The molecule has 1 heterocycles. The second-order valence-corrected chi connectivity index (χ2v) is 6.93. The monoisotopic (exact) mass is 336 g/mol. The molecular formula is C22H28N2O. The molecule has 0 aliphatic carbocycles. The number of para-hydroxylation sites is 2. The topological polar surface area (TPSA) is 32.3 Å². The van der Waals surface area contributed by atoms with Crippen molar-refractivity contribution < 1.29 is 4.79 Å². The number of carbonyl (C=O) groups excluding carboxylic acids is 1. The Bertz CT molecular complexity index is 709. The molecule has 1 aliphatic rings. The summed E-state index contributed by atoms with van der Waals surface area (Å²) in [4.78, 5) is 15.1. The van der Waals surface area contributed by atoms with E-state index in [9.17, 15) is 4.79 Å². The number of amides is 1. The Morgan fingerprint density at radius 1 is 1.08 bits per heavy atom. The van der Waals surface area contributed by atoms with Gasteiger partial charge in [-0.25, -0.2) is 0 Å². The minimum Gasteiger partial charge on any atom is -0.378 e. The van der Waals surface area contributed by atoms with Gasteiger partial charge in [0.2, 0.25) is 5.91 Å². The van der Waals surface area contributed by atoms with E-state index in [1.165, 1.54) is 5.56 Å². The van der Waals surface area contributed by atoms with Crippen LogP contribution in [0.2, 0.25) is 0 Å². The van der Waals surface area contributed by atoms with Crippen molar-refractivity contribution in [3.8, 4) is 0 Å². The molecule has 132 valence electrons. The van der Waals surface area contributed by atoms with Gasteiger partial charge < -0.3 is 10.2 Å². The highest BCUT2D eigenvalue weighted by Crippen LogP contribution is 2.39. The fraction of sp³-hybridized carbons (Fsp3) is 0.409. The SMILES string of the molecule is CCC(CC)C(=O)N1c2ccccc2[C@H](Nc2ccccc2)C[C@H]1C. The average Bonchev–Trinajstić information content (AvgIpc) is 2.63. The van der Waals surface area contributed by atoms with Crippen LogP contribution < -0.4 is 10.2 Å². The van der Waals surface area contributed by atoms with Crippen molar-refractivity contribution in [2.45, 2.75) is 52.1 Å². The van der Waals surface area contributed by atoms with Gasteiger partial charge in [-0.1, -0.05) is 50.2 Å². The lowest BCUT2D eigenvalue weighted by Crippen LogP contribution is -2.46. The van der Waals surface area contributed by atoms with E-state index in [1.807, 2.05) is 29.2 Å². The van der Waals surface area contributed by atoms with Gasteiger partial charge in [0.05, 0.1) is 6.04 Å². The maximum Gasteiger partial charge on any atom is 0.230 e. The van der Waals surface area contributed by atoms with E-state index in [2.05, 4.69) is 56.4 Å². The second kappa shape index (κ2) is 7.73. The summed E-state index contributed by atoms with van der Waals surface area (Å²) in [6.45, 7) is 6.37. The first-order valence-electron chi connectivity index (χ1n) is 9.39. The largest absolute Gasteiger partial charge is 0.378 e. The number of anilines is 2. The number of nitrogens with one attached hydrogen (secondary N) is 1. The average molecular weight is 336 g/mol. The second-order valence-electron chi connectivity index (χ2n) is 6.93. The normalized spacial score (nSPS) is 19.6. The molecule has 1 amide bonds. The molecule has 3 nitrogen and oxygen atoms in total. The molecule has 25 heavy (non-hydrogen) atoms. The molecule has 0 radical (unpaired) electrons. The van der Waals surface area contributed by atoms with E-state index >= 15 is 0 Å². The highest BCUT2D eigenvalue weighted by Gasteiger charge is 2.35. The summed E-state index contributed by atoms with van der Waals surface area (Å²) in [5, 5.41) is 3.65. The molecule has 3 rings (SSSR count). The highest BCUT2D eigenvalue weighted by atomic mass is 16.2. The van der Waals surface area contributed by atoms with Crippen LogP contribution in [0.15, 0.2) is 54.6 Å². The van der Waals surface area contributed by atoms with Crippen LogP contribution in [0.4, 0.5) is 11.4 Å². The smallest absolute Gasteiger partial charge is 0.230 e. The fourth-order valence-corrected chi connectivity index (χ4v) is 3.86. The van der Waals surface area contributed by atoms with Crippen LogP contribution in [-0.2, 0) is 4.79 Å². The fourth-order valence-electron chi connectivity index (χ4n) is 3.86. The Kier molecular flexibility index (Phi) is 5.42. The van der Waals surface area contributed by atoms with Crippen molar-refractivity contribution in [2.24, 2.45) is 5.92 Å². The van der Waals surface area contributed by atoms with Crippen molar-refractivity contribution >= 4 is 17.3 Å². The number of benzene rings is 2. The van der Waals surface area contributed by atoms with E-state index < -0.39 is 0 Å². The van der Waals surface area contributed by atoms with Gasteiger partial charge in [-0.15, -0.1) is 0 Å². The summed E-state index contributed by atoms with van der Waals surface area (Å²) in [6, 6.07) is 19.0. The van der Waals surface area contributed by atoms with E-state index in [-0.39, 0.29) is 23.9 Å². The van der Waals surface area contributed by atoms with Crippen LogP contribution in [0.1, 0.15) is 51.6 Å². The van der Waals surface area contributed by atoms with E-state index in [4.69, 9.17) is 0 Å². The molecule has 0 fully saturated rings. The zero-order chi connectivity index (χ0) is 17.8. The molecule has 0 saturated heterocycles. The first kappa shape index (κ1) is 17.5. The van der Waals surface area contributed by atoms with Crippen molar-refractivity contribution in [1.29, 1.82) is 0 Å². The van der Waals surface area contributed by atoms with Crippen LogP contribution in [0.3, 0.4) is 0 Å². The van der Waals surface area contributed by atoms with Crippen molar-refractivity contribution in [3.63, 3.8) is 0 Å². The molecule has 0 bridgehead atoms. The zero-order valence-electron chi connectivity index (χ0n) is 15.4. The molecule has 1 N–H and O–H groups in total. The Morgan fingerprint density at radius 2 is 1.72 bits per heavy atom. The quantitative estimate of drug-likeness (QED) is 0.792. The van der Waals surface area contributed by atoms with Crippen molar-refractivity contribution in [1.82, 2.24) is 0 Å². The lowest BCUT2D eigenvalue weighted by atomic mass is 9.89. The van der Waals surface area contributed by atoms with E-state index in [0.29, 0.717) is 0 Å². The van der Waals surface area contributed by atoms with Gasteiger partial charge in [-0.05, 0) is 49.9 Å². The molecule has 2 aromatic rings. The number of carbonyl (C=O) groups is 1. The molecule has 0 aromatic heterocycles. The first-order chi connectivity index (χ1) is 12.2. The molecule has 2 atom stereocenters. The highest BCUT2D eigenvalue weighted by molar-refractivity contribution is 5.97. The summed E-state index contributed by atoms with van der Waals surface area (Å²) < 4.78 is 0. The molecule has 1 aliphatic heterocycles. The van der Waals surface area contributed by atoms with Gasteiger partial charge in [0, 0.05) is 23.3 Å². The molecule has 0 saturated carbocycles. The van der Waals surface area contributed by atoms with Crippen molar-refractivity contribution in [2.75, 3.05) is 10.2 Å².